The molecule has 2 N–H and O–H groups in total. The SMILES string of the molecule is O=S(=O)(O)O.[Cu].[P]. The fraction of sp³-hybridized carbons (Fsp3) is 0. The zero-order valence-corrected chi connectivity index (χ0v) is 5.52. The first-order valence-corrected chi connectivity index (χ1v) is 2.10. The number of rotatable bonds is 0. The van der Waals surface area contributed by atoms with Gasteiger partial charge in [0, 0.05) is 27.0 Å². The molecule has 0 aromatic rings. The van der Waals surface area contributed by atoms with Crippen molar-refractivity contribution in [3.8, 4) is 0 Å². The summed E-state index contributed by atoms with van der Waals surface area (Å²) in [7, 11) is -4.67. The first-order chi connectivity index (χ1) is 2.00. The molecule has 7 heteroatoms. The summed E-state index contributed by atoms with van der Waals surface area (Å²) < 4.78 is 31.6. The van der Waals surface area contributed by atoms with Gasteiger partial charge in [0.2, 0.25) is 0 Å². The summed E-state index contributed by atoms with van der Waals surface area (Å²) >= 11 is 0. The molecule has 0 unspecified atom stereocenters. The summed E-state index contributed by atoms with van der Waals surface area (Å²) in [4.78, 5) is 0. The van der Waals surface area contributed by atoms with Crippen molar-refractivity contribution in [1.82, 2.24) is 0 Å². The van der Waals surface area contributed by atoms with Gasteiger partial charge in [0.1, 0.15) is 0 Å². The van der Waals surface area contributed by atoms with Crippen LogP contribution in [0.25, 0.3) is 0 Å². The molecule has 0 aliphatic rings. The molecule has 0 aromatic carbocycles. The second-order valence-electron chi connectivity index (χ2n) is 0.448. The minimum atomic E-state index is -4.67. The van der Waals surface area contributed by atoms with E-state index in [1.54, 1.807) is 0 Å². The van der Waals surface area contributed by atoms with Gasteiger partial charge in [0.25, 0.3) is 0 Å². The van der Waals surface area contributed by atoms with E-state index in [2.05, 4.69) is 0 Å². The van der Waals surface area contributed by atoms with Gasteiger partial charge in [-0.3, -0.25) is 9.11 Å². The van der Waals surface area contributed by atoms with E-state index in [0.29, 0.717) is 0 Å². The predicted octanol–water partition coefficient (Wildman–Crippen LogP) is 0.206. The molecule has 4 radical (unpaired) electrons. The second-order valence-corrected chi connectivity index (χ2v) is 1.34. The molecular weight excluding hydrogens is 191 g/mol. The maximum atomic E-state index is 8.74. The second kappa shape index (κ2) is 4.97. The molecule has 48 valence electrons. The van der Waals surface area contributed by atoms with Gasteiger partial charge in [-0.05, 0) is 0 Å². The Morgan fingerprint density at radius 1 is 1.14 bits per heavy atom. The Morgan fingerprint density at radius 2 is 1.14 bits per heavy atom. The average Bonchev–Trinajstić information content (AvgIpc) is 0.722. The molecule has 0 rings (SSSR count). The first kappa shape index (κ1) is 15.7. The van der Waals surface area contributed by atoms with E-state index in [4.69, 9.17) is 17.5 Å². The first-order valence-electron chi connectivity index (χ1n) is 0.698. The standard InChI is InChI=1S/Cu.H2O4S.P/c;1-5(2,3)4;/h;(H2,1,2,3,4);. The Kier molecular flexibility index (Phi) is 11.1. The molecule has 0 aliphatic carbocycles. The summed E-state index contributed by atoms with van der Waals surface area (Å²) in [6, 6.07) is 0. The molecule has 0 bridgehead atoms. The normalized spacial score (nSPS) is 8.29. The molecule has 0 aromatic heterocycles. The summed E-state index contributed by atoms with van der Waals surface area (Å²) in [5.74, 6) is 0. The maximum absolute atomic E-state index is 8.74. The Hall–Kier alpha value is 0.819. The molecule has 0 heterocycles. The van der Waals surface area contributed by atoms with E-state index >= 15 is 0 Å². The van der Waals surface area contributed by atoms with Crippen LogP contribution in [-0.2, 0) is 27.5 Å². The number of hydrogen-bond donors (Lipinski definition) is 2. The molecule has 0 saturated carbocycles. The van der Waals surface area contributed by atoms with Crippen LogP contribution in [0, 0.1) is 0 Å². The van der Waals surface area contributed by atoms with Gasteiger partial charge in [-0.15, -0.1) is 0 Å². The Balaban J connectivity index is -0.0000000800. The van der Waals surface area contributed by atoms with Crippen molar-refractivity contribution in [2.24, 2.45) is 0 Å². The van der Waals surface area contributed by atoms with Crippen molar-refractivity contribution >= 4 is 20.3 Å². The van der Waals surface area contributed by atoms with E-state index in [-0.39, 0.29) is 27.0 Å². The third kappa shape index (κ3) is 236. The molecule has 0 amide bonds. The van der Waals surface area contributed by atoms with E-state index in [0.717, 1.165) is 0 Å². The van der Waals surface area contributed by atoms with Crippen LogP contribution in [0.5, 0.6) is 0 Å². The molecule has 7 heavy (non-hydrogen) atoms. The topological polar surface area (TPSA) is 74.6 Å². The fourth-order valence-electron chi connectivity index (χ4n) is 0. The van der Waals surface area contributed by atoms with Gasteiger partial charge in [-0.25, -0.2) is 0 Å². The minimum absolute atomic E-state index is 0. The molecular formula is H2CuO4PS. The van der Waals surface area contributed by atoms with Crippen molar-refractivity contribution in [3.63, 3.8) is 0 Å². The smallest absolute Gasteiger partial charge is 0.264 e. The summed E-state index contributed by atoms with van der Waals surface area (Å²) in [6.45, 7) is 0. The maximum Gasteiger partial charge on any atom is 0.394 e. The van der Waals surface area contributed by atoms with E-state index in [1.807, 2.05) is 0 Å². The van der Waals surface area contributed by atoms with Gasteiger partial charge >= 0.3 is 10.4 Å². The van der Waals surface area contributed by atoms with E-state index < -0.39 is 10.4 Å². The quantitative estimate of drug-likeness (QED) is 0.327. The number of hydrogen-bond acceptors (Lipinski definition) is 2. The van der Waals surface area contributed by atoms with Crippen LogP contribution in [0.1, 0.15) is 0 Å². The minimum Gasteiger partial charge on any atom is -0.264 e. The molecule has 0 fully saturated rings. The summed E-state index contributed by atoms with van der Waals surface area (Å²) in [5.41, 5.74) is 0. The molecule has 0 spiro atoms. The monoisotopic (exact) mass is 192 g/mol. The Labute approximate surface area is 55.4 Å². The van der Waals surface area contributed by atoms with Gasteiger partial charge in [-0.1, -0.05) is 0 Å². The third-order valence-electron chi connectivity index (χ3n) is 0. The van der Waals surface area contributed by atoms with Crippen LogP contribution in [0.15, 0.2) is 0 Å². The molecule has 0 aliphatic heterocycles. The van der Waals surface area contributed by atoms with Crippen LogP contribution in [-0.4, -0.2) is 17.5 Å². The van der Waals surface area contributed by atoms with Gasteiger partial charge in [0.05, 0.1) is 0 Å². The van der Waals surface area contributed by atoms with Gasteiger partial charge < -0.3 is 0 Å². The van der Waals surface area contributed by atoms with E-state index in [1.165, 1.54) is 0 Å². The van der Waals surface area contributed by atoms with Crippen molar-refractivity contribution in [3.05, 3.63) is 0 Å². The van der Waals surface area contributed by atoms with Gasteiger partial charge in [-0.2, -0.15) is 8.42 Å². The van der Waals surface area contributed by atoms with Crippen LogP contribution in [0.2, 0.25) is 0 Å². The Morgan fingerprint density at radius 3 is 1.14 bits per heavy atom. The zero-order chi connectivity index (χ0) is 4.50. The fourth-order valence-corrected chi connectivity index (χ4v) is 0. The molecule has 0 saturated heterocycles. The summed E-state index contributed by atoms with van der Waals surface area (Å²) in [5, 5.41) is 0. The van der Waals surface area contributed by atoms with Crippen molar-refractivity contribution in [1.29, 1.82) is 0 Å². The molecule has 4 nitrogen and oxygen atoms in total. The largest absolute Gasteiger partial charge is 0.394 e. The van der Waals surface area contributed by atoms with Crippen molar-refractivity contribution in [2.75, 3.05) is 0 Å². The van der Waals surface area contributed by atoms with Gasteiger partial charge in [0.15, 0.2) is 0 Å². The van der Waals surface area contributed by atoms with Crippen molar-refractivity contribution in [2.45, 2.75) is 0 Å². The van der Waals surface area contributed by atoms with Crippen LogP contribution in [0.4, 0.5) is 0 Å². The zero-order valence-electron chi connectivity index (χ0n) is 2.87. The molecule has 0 atom stereocenters. The van der Waals surface area contributed by atoms with Crippen molar-refractivity contribution < 1.29 is 34.6 Å². The summed E-state index contributed by atoms with van der Waals surface area (Å²) in [6.07, 6.45) is 0. The van der Waals surface area contributed by atoms with Crippen LogP contribution < -0.4 is 0 Å². The van der Waals surface area contributed by atoms with Crippen LogP contribution in [0.3, 0.4) is 0 Å². The third-order valence-corrected chi connectivity index (χ3v) is 0. The van der Waals surface area contributed by atoms with Crippen LogP contribution >= 0.6 is 9.90 Å². The van der Waals surface area contributed by atoms with E-state index in [9.17, 15) is 0 Å². The Bertz CT molecular complexity index is 94.9. The predicted molar refractivity (Wildman–Crippen MR) is 21.1 cm³/mol. The average molecular weight is 193 g/mol.